The number of halogens is 1. The predicted octanol–water partition coefficient (Wildman–Crippen LogP) is 3.09. The fraction of sp³-hybridized carbons (Fsp3) is 0.333. The minimum atomic E-state index is 0.652. The third-order valence-electron chi connectivity index (χ3n) is 2.13. The van der Waals surface area contributed by atoms with Gasteiger partial charge in [-0.2, -0.15) is 0 Å². The van der Waals surface area contributed by atoms with Crippen LogP contribution in [0.5, 0.6) is 0 Å². The van der Waals surface area contributed by atoms with E-state index in [0.29, 0.717) is 11.6 Å². The summed E-state index contributed by atoms with van der Waals surface area (Å²) in [7, 11) is 0. The number of aryl methyl sites for hydroxylation is 1. The van der Waals surface area contributed by atoms with E-state index >= 15 is 0 Å². The summed E-state index contributed by atoms with van der Waals surface area (Å²) in [6, 6.07) is 8.43. The summed E-state index contributed by atoms with van der Waals surface area (Å²) < 4.78 is 0. The third kappa shape index (κ3) is 3.52. The molecule has 0 fully saturated rings. The van der Waals surface area contributed by atoms with Gasteiger partial charge in [-0.1, -0.05) is 49.4 Å². The van der Waals surface area contributed by atoms with Gasteiger partial charge in [-0.15, -0.1) is 0 Å². The molecule has 0 atom stereocenters. The van der Waals surface area contributed by atoms with E-state index in [1.807, 2.05) is 0 Å². The zero-order valence-corrected chi connectivity index (χ0v) is 9.27. The first-order chi connectivity index (χ1) is 6.74. The van der Waals surface area contributed by atoms with Crippen LogP contribution in [-0.2, 0) is 13.0 Å². The Morgan fingerprint density at radius 1 is 1.36 bits per heavy atom. The van der Waals surface area contributed by atoms with Crippen molar-refractivity contribution in [1.29, 1.82) is 0 Å². The Morgan fingerprint density at radius 2 is 2.00 bits per heavy atom. The highest BCUT2D eigenvalue weighted by Crippen LogP contribution is 2.09. The first-order valence-corrected chi connectivity index (χ1v) is 5.22. The monoisotopic (exact) mass is 209 g/mol. The van der Waals surface area contributed by atoms with Crippen molar-refractivity contribution in [2.24, 2.45) is 0 Å². The van der Waals surface area contributed by atoms with E-state index in [1.165, 1.54) is 11.1 Å². The van der Waals surface area contributed by atoms with Gasteiger partial charge >= 0.3 is 0 Å². The van der Waals surface area contributed by atoms with Crippen molar-refractivity contribution in [2.75, 3.05) is 6.54 Å². The molecule has 0 heterocycles. The lowest BCUT2D eigenvalue weighted by atomic mass is 10.1. The molecule has 1 aromatic rings. The van der Waals surface area contributed by atoms with Crippen LogP contribution in [0.2, 0.25) is 0 Å². The minimum Gasteiger partial charge on any atom is -0.308 e. The average Bonchev–Trinajstić information content (AvgIpc) is 2.18. The van der Waals surface area contributed by atoms with Gasteiger partial charge in [0.15, 0.2) is 0 Å². The van der Waals surface area contributed by atoms with Crippen molar-refractivity contribution in [1.82, 2.24) is 5.32 Å². The molecule has 0 radical (unpaired) electrons. The van der Waals surface area contributed by atoms with E-state index in [-0.39, 0.29) is 0 Å². The average molecular weight is 210 g/mol. The van der Waals surface area contributed by atoms with Crippen LogP contribution in [0.4, 0.5) is 0 Å². The summed E-state index contributed by atoms with van der Waals surface area (Å²) in [6.45, 7) is 7.32. The molecule has 1 aromatic carbocycles. The summed E-state index contributed by atoms with van der Waals surface area (Å²) in [6.07, 6.45) is 1.07. The summed E-state index contributed by atoms with van der Waals surface area (Å²) >= 11 is 5.66. The topological polar surface area (TPSA) is 12.0 Å². The third-order valence-corrected chi connectivity index (χ3v) is 2.27. The molecule has 1 nitrogen and oxygen atoms in total. The van der Waals surface area contributed by atoms with Gasteiger partial charge in [-0.05, 0) is 17.5 Å². The Bertz CT molecular complexity index is 307. The molecule has 14 heavy (non-hydrogen) atoms. The van der Waals surface area contributed by atoms with Crippen LogP contribution in [0.3, 0.4) is 0 Å². The molecule has 0 saturated heterocycles. The standard InChI is InChI=1S/C12H16ClN/c1-3-11-6-4-5-7-12(11)9-14-8-10(2)13/h4-7,14H,2-3,8-9H2,1H3. The van der Waals surface area contributed by atoms with E-state index in [1.54, 1.807) is 0 Å². The van der Waals surface area contributed by atoms with E-state index in [2.05, 4.69) is 43.1 Å². The Labute approximate surface area is 90.8 Å². The minimum absolute atomic E-state index is 0.652. The number of rotatable bonds is 5. The summed E-state index contributed by atoms with van der Waals surface area (Å²) in [5.74, 6) is 0. The first kappa shape index (κ1) is 11.3. The smallest absolute Gasteiger partial charge is 0.0310 e. The van der Waals surface area contributed by atoms with Crippen LogP contribution in [0, 0.1) is 0 Å². The lowest BCUT2D eigenvalue weighted by Gasteiger charge is -2.08. The molecular formula is C12H16ClN. The van der Waals surface area contributed by atoms with Crippen molar-refractivity contribution < 1.29 is 0 Å². The molecule has 0 spiro atoms. The van der Waals surface area contributed by atoms with Crippen LogP contribution in [-0.4, -0.2) is 6.54 Å². The second-order valence-corrected chi connectivity index (χ2v) is 3.78. The molecule has 0 aromatic heterocycles. The molecule has 0 aliphatic carbocycles. The molecule has 2 heteroatoms. The fourth-order valence-corrected chi connectivity index (χ4v) is 1.50. The quantitative estimate of drug-likeness (QED) is 0.786. The number of hydrogen-bond acceptors (Lipinski definition) is 1. The molecule has 0 unspecified atom stereocenters. The normalized spacial score (nSPS) is 10.1. The van der Waals surface area contributed by atoms with Crippen molar-refractivity contribution in [3.05, 3.63) is 47.0 Å². The Kier molecular flexibility index (Phi) is 4.71. The Balaban J connectivity index is 2.53. The van der Waals surface area contributed by atoms with Gasteiger partial charge in [-0.25, -0.2) is 0 Å². The largest absolute Gasteiger partial charge is 0.308 e. The maximum Gasteiger partial charge on any atom is 0.0310 e. The van der Waals surface area contributed by atoms with E-state index in [4.69, 9.17) is 11.6 Å². The molecule has 1 N–H and O–H groups in total. The van der Waals surface area contributed by atoms with Crippen LogP contribution >= 0.6 is 11.6 Å². The number of nitrogens with one attached hydrogen (secondary N) is 1. The van der Waals surface area contributed by atoms with Gasteiger partial charge in [0.2, 0.25) is 0 Å². The van der Waals surface area contributed by atoms with E-state index in [9.17, 15) is 0 Å². The Morgan fingerprint density at radius 3 is 2.57 bits per heavy atom. The molecular weight excluding hydrogens is 194 g/mol. The summed E-state index contributed by atoms with van der Waals surface area (Å²) in [4.78, 5) is 0. The first-order valence-electron chi connectivity index (χ1n) is 4.84. The van der Waals surface area contributed by atoms with E-state index < -0.39 is 0 Å². The number of hydrogen-bond donors (Lipinski definition) is 1. The summed E-state index contributed by atoms with van der Waals surface area (Å²) in [5, 5.41) is 3.90. The maximum atomic E-state index is 5.66. The SMILES string of the molecule is C=C(Cl)CNCc1ccccc1CC. The van der Waals surface area contributed by atoms with E-state index in [0.717, 1.165) is 13.0 Å². The zero-order valence-electron chi connectivity index (χ0n) is 8.52. The van der Waals surface area contributed by atoms with Gasteiger partial charge < -0.3 is 5.32 Å². The Hall–Kier alpha value is -0.790. The van der Waals surface area contributed by atoms with Crippen molar-refractivity contribution >= 4 is 11.6 Å². The lowest BCUT2D eigenvalue weighted by molar-refractivity contribution is 0.747. The van der Waals surface area contributed by atoms with Crippen LogP contribution in [0.25, 0.3) is 0 Å². The zero-order chi connectivity index (χ0) is 10.4. The second-order valence-electron chi connectivity index (χ2n) is 3.24. The highest BCUT2D eigenvalue weighted by Gasteiger charge is 1.98. The lowest BCUT2D eigenvalue weighted by Crippen LogP contribution is -2.15. The van der Waals surface area contributed by atoms with Crippen molar-refractivity contribution in [3.8, 4) is 0 Å². The molecule has 0 saturated carbocycles. The second kappa shape index (κ2) is 5.84. The van der Waals surface area contributed by atoms with Gasteiger partial charge in [-0.3, -0.25) is 0 Å². The van der Waals surface area contributed by atoms with Gasteiger partial charge in [0.25, 0.3) is 0 Å². The van der Waals surface area contributed by atoms with Gasteiger partial charge in [0.05, 0.1) is 0 Å². The highest BCUT2D eigenvalue weighted by atomic mass is 35.5. The molecule has 1 rings (SSSR count). The maximum absolute atomic E-state index is 5.66. The summed E-state index contributed by atoms with van der Waals surface area (Å²) in [5.41, 5.74) is 2.73. The van der Waals surface area contributed by atoms with Crippen molar-refractivity contribution in [3.63, 3.8) is 0 Å². The number of benzene rings is 1. The van der Waals surface area contributed by atoms with Crippen LogP contribution in [0.15, 0.2) is 35.9 Å². The van der Waals surface area contributed by atoms with Gasteiger partial charge in [0, 0.05) is 18.1 Å². The van der Waals surface area contributed by atoms with Crippen molar-refractivity contribution in [2.45, 2.75) is 19.9 Å². The highest BCUT2D eigenvalue weighted by molar-refractivity contribution is 6.29. The molecule has 0 aliphatic heterocycles. The molecule has 0 aliphatic rings. The molecule has 76 valence electrons. The predicted molar refractivity (Wildman–Crippen MR) is 62.5 cm³/mol. The fourth-order valence-electron chi connectivity index (χ4n) is 1.41. The van der Waals surface area contributed by atoms with Crippen LogP contribution < -0.4 is 5.32 Å². The molecule has 0 bridgehead atoms. The molecule has 0 amide bonds. The van der Waals surface area contributed by atoms with Gasteiger partial charge in [0.1, 0.15) is 0 Å². The van der Waals surface area contributed by atoms with Crippen LogP contribution in [0.1, 0.15) is 18.1 Å².